The van der Waals surface area contributed by atoms with Crippen molar-refractivity contribution < 1.29 is 13.2 Å². The quantitative estimate of drug-likeness (QED) is 0.788. The van der Waals surface area contributed by atoms with Gasteiger partial charge in [-0.1, -0.05) is 0 Å². The monoisotopic (exact) mass is 405 g/mol. The topological polar surface area (TPSA) is 106 Å². The molecule has 2 aromatic rings. The van der Waals surface area contributed by atoms with E-state index < -0.39 is 10.0 Å². The van der Waals surface area contributed by atoms with E-state index in [1.807, 2.05) is 20.0 Å². The Morgan fingerprint density at radius 3 is 2.39 bits per heavy atom. The molecule has 1 amide bonds. The van der Waals surface area contributed by atoms with Crippen LogP contribution in [0.5, 0.6) is 0 Å². The van der Waals surface area contributed by atoms with Crippen LogP contribution in [0.3, 0.4) is 0 Å². The molecule has 2 heterocycles. The fraction of sp³-hybridized carbons (Fsp3) is 0.632. The first-order valence-corrected chi connectivity index (χ1v) is 11.7. The van der Waals surface area contributed by atoms with Crippen LogP contribution in [0.1, 0.15) is 66.2 Å². The van der Waals surface area contributed by atoms with E-state index in [-0.39, 0.29) is 18.0 Å². The number of aromatic nitrogens is 3. The van der Waals surface area contributed by atoms with Gasteiger partial charge in [0.2, 0.25) is 10.0 Å². The molecule has 2 N–H and O–H groups in total. The summed E-state index contributed by atoms with van der Waals surface area (Å²) in [6.07, 6.45) is 6.39. The number of carbonyl (C=O) groups excluding carboxylic acids is 1. The average Bonchev–Trinajstić information content (AvgIpc) is 3.42. The molecule has 0 aliphatic heterocycles. The first-order valence-electron chi connectivity index (χ1n) is 9.83. The number of sulfonamides is 1. The molecule has 2 saturated carbocycles. The van der Waals surface area contributed by atoms with Gasteiger partial charge in [0.1, 0.15) is 0 Å². The Balaban J connectivity index is 1.52. The molecular formula is C19H27N5O3S. The highest BCUT2D eigenvalue weighted by Crippen LogP contribution is 2.40. The zero-order valence-electron chi connectivity index (χ0n) is 16.5. The van der Waals surface area contributed by atoms with Crippen LogP contribution >= 0.6 is 0 Å². The molecule has 8 nitrogen and oxygen atoms in total. The van der Waals surface area contributed by atoms with Crippen molar-refractivity contribution in [3.8, 4) is 0 Å². The van der Waals surface area contributed by atoms with E-state index in [9.17, 15) is 13.2 Å². The van der Waals surface area contributed by atoms with Gasteiger partial charge in [-0.15, -0.1) is 0 Å². The van der Waals surface area contributed by atoms with Crippen molar-refractivity contribution in [1.29, 1.82) is 0 Å². The Labute approximate surface area is 165 Å². The van der Waals surface area contributed by atoms with Gasteiger partial charge in [0.25, 0.3) is 5.91 Å². The fourth-order valence-corrected chi connectivity index (χ4v) is 4.99. The molecule has 2 aromatic heterocycles. The maximum atomic E-state index is 13.1. The molecule has 0 aromatic carbocycles. The fourth-order valence-electron chi connectivity index (χ4n) is 4.15. The number of pyridine rings is 1. The SMILES string of the molecule is Cc1nn(C)c2nc(C3CC3)cc(C(=O)NC3CCC(NS(C)(=O)=O)CC3)c12. The summed E-state index contributed by atoms with van der Waals surface area (Å²) in [6, 6.07) is 1.94. The van der Waals surface area contributed by atoms with Crippen LogP contribution in [0, 0.1) is 6.92 Å². The second kappa shape index (κ2) is 7.11. The highest BCUT2D eigenvalue weighted by molar-refractivity contribution is 7.88. The molecular weight excluding hydrogens is 378 g/mol. The van der Waals surface area contributed by atoms with Crippen LogP contribution in [0.2, 0.25) is 0 Å². The van der Waals surface area contributed by atoms with Crippen molar-refractivity contribution in [2.24, 2.45) is 7.05 Å². The summed E-state index contributed by atoms with van der Waals surface area (Å²) in [5.74, 6) is 0.355. The molecule has 0 bridgehead atoms. The summed E-state index contributed by atoms with van der Waals surface area (Å²) in [7, 11) is -1.34. The number of fused-ring (bicyclic) bond motifs is 1. The van der Waals surface area contributed by atoms with Crippen LogP contribution in [0.25, 0.3) is 11.0 Å². The van der Waals surface area contributed by atoms with Crippen LogP contribution < -0.4 is 10.0 Å². The second-order valence-corrected chi connectivity index (χ2v) is 9.97. The molecule has 0 spiro atoms. The maximum absolute atomic E-state index is 13.1. The number of hydrogen-bond donors (Lipinski definition) is 2. The largest absolute Gasteiger partial charge is 0.349 e. The minimum Gasteiger partial charge on any atom is -0.349 e. The van der Waals surface area contributed by atoms with Gasteiger partial charge < -0.3 is 5.32 Å². The van der Waals surface area contributed by atoms with Crippen molar-refractivity contribution >= 4 is 27.0 Å². The molecule has 0 atom stereocenters. The summed E-state index contributed by atoms with van der Waals surface area (Å²) < 4.78 is 27.2. The first kappa shape index (κ1) is 19.3. The molecule has 2 fully saturated rings. The molecule has 4 rings (SSSR count). The normalized spacial score (nSPS) is 23.1. The summed E-state index contributed by atoms with van der Waals surface area (Å²) in [5, 5.41) is 8.42. The number of aryl methyl sites for hydroxylation is 2. The summed E-state index contributed by atoms with van der Waals surface area (Å²) in [6.45, 7) is 1.90. The van der Waals surface area contributed by atoms with Gasteiger partial charge in [0.15, 0.2) is 5.65 Å². The van der Waals surface area contributed by atoms with Gasteiger partial charge in [-0.2, -0.15) is 5.10 Å². The summed E-state index contributed by atoms with van der Waals surface area (Å²) in [5.41, 5.74) is 3.18. The van der Waals surface area contributed by atoms with E-state index in [0.29, 0.717) is 11.5 Å². The Morgan fingerprint density at radius 1 is 1.14 bits per heavy atom. The molecule has 0 radical (unpaired) electrons. The first-order chi connectivity index (χ1) is 13.2. The molecule has 152 valence electrons. The third kappa shape index (κ3) is 4.05. The minimum atomic E-state index is -3.19. The van der Waals surface area contributed by atoms with Gasteiger partial charge >= 0.3 is 0 Å². The minimum absolute atomic E-state index is 0.0437. The molecule has 2 aliphatic carbocycles. The third-order valence-electron chi connectivity index (χ3n) is 5.67. The Morgan fingerprint density at radius 2 is 1.79 bits per heavy atom. The number of amides is 1. The van der Waals surface area contributed by atoms with Crippen LogP contribution in [-0.2, 0) is 17.1 Å². The number of hydrogen-bond acceptors (Lipinski definition) is 5. The van der Waals surface area contributed by atoms with Crippen molar-refractivity contribution in [3.63, 3.8) is 0 Å². The van der Waals surface area contributed by atoms with E-state index >= 15 is 0 Å². The molecule has 28 heavy (non-hydrogen) atoms. The number of nitrogens with one attached hydrogen (secondary N) is 2. The lowest BCUT2D eigenvalue weighted by molar-refractivity contribution is 0.0926. The molecule has 2 aliphatic rings. The Bertz CT molecular complexity index is 1020. The van der Waals surface area contributed by atoms with Gasteiger partial charge in [0.05, 0.1) is 22.9 Å². The van der Waals surface area contributed by atoms with E-state index in [2.05, 4.69) is 15.1 Å². The number of carbonyl (C=O) groups is 1. The lowest BCUT2D eigenvalue weighted by Crippen LogP contribution is -2.43. The van der Waals surface area contributed by atoms with Gasteiger partial charge in [-0.3, -0.25) is 9.48 Å². The van der Waals surface area contributed by atoms with Crippen LogP contribution in [0.4, 0.5) is 0 Å². The smallest absolute Gasteiger partial charge is 0.252 e. The number of rotatable bonds is 5. The maximum Gasteiger partial charge on any atom is 0.252 e. The van der Waals surface area contributed by atoms with E-state index in [1.165, 1.54) is 6.26 Å². The van der Waals surface area contributed by atoms with E-state index in [1.54, 1.807) is 4.68 Å². The number of nitrogens with zero attached hydrogens (tertiary/aromatic N) is 3. The Kier molecular flexibility index (Phi) is 4.91. The van der Waals surface area contributed by atoms with Gasteiger partial charge in [-0.25, -0.2) is 18.1 Å². The predicted molar refractivity (Wildman–Crippen MR) is 107 cm³/mol. The summed E-state index contributed by atoms with van der Waals surface area (Å²) in [4.78, 5) is 17.9. The standard InChI is InChI=1S/C19H27N5O3S/c1-11-17-15(10-16(12-4-5-12)21-18(17)24(2)22-11)19(25)20-13-6-8-14(9-7-13)23-28(3,26)27/h10,12-14,23H,4-9H2,1-3H3,(H,20,25). The lowest BCUT2D eigenvalue weighted by atomic mass is 9.91. The highest BCUT2D eigenvalue weighted by Gasteiger charge is 2.30. The van der Waals surface area contributed by atoms with E-state index in [4.69, 9.17) is 4.98 Å². The third-order valence-corrected chi connectivity index (χ3v) is 6.43. The van der Waals surface area contributed by atoms with Crippen molar-refractivity contribution in [1.82, 2.24) is 24.8 Å². The average molecular weight is 406 g/mol. The van der Waals surface area contributed by atoms with Gasteiger partial charge in [0, 0.05) is 30.7 Å². The zero-order chi connectivity index (χ0) is 20.1. The van der Waals surface area contributed by atoms with Gasteiger partial charge in [-0.05, 0) is 51.5 Å². The Hall–Kier alpha value is -2.00. The highest BCUT2D eigenvalue weighted by atomic mass is 32.2. The lowest BCUT2D eigenvalue weighted by Gasteiger charge is -2.29. The van der Waals surface area contributed by atoms with Crippen molar-refractivity contribution in [2.45, 2.75) is 63.5 Å². The molecule has 0 unspecified atom stereocenters. The molecule has 0 saturated heterocycles. The van der Waals surface area contributed by atoms with Crippen molar-refractivity contribution in [2.75, 3.05) is 6.26 Å². The van der Waals surface area contributed by atoms with Crippen LogP contribution in [-0.4, -0.2) is 47.4 Å². The van der Waals surface area contributed by atoms with Crippen LogP contribution in [0.15, 0.2) is 6.07 Å². The second-order valence-electron chi connectivity index (χ2n) is 8.19. The van der Waals surface area contributed by atoms with Crippen molar-refractivity contribution in [3.05, 3.63) is 23.0 Å². The molecule has 9 heteroatoms. The summed E-state index contributed by atoms with van der Waals surface area (Å²) >= 11 is 0. The van der Waals surface area contributed by atoms with E-state index in [0.717, 1.165) is 60.9 Å². The predicted octanol–water partition coefficient (Wildman–Crippen LogP) is 1.74. The zero-order valence-corrected chi connectivity index (χ0v) is 17.3.